The number of rotatable bonds is 7. The van der Waals surface area contributed by atoms with Crippen molar-refractivity contribution < 1.29 is 9.84 Å². The molecule has 2 saturated heterocycles. The summed E-state index contributed by atoms with van der Waals surface area (Å²) in [4.78, 5) is 45.5. The molecule has 8 rings (SSSR count). The van der Waals surface area contributed by atoms with Gasteiger partial charge in [0.2, 0.25) is 0 Å². The molecule has 5 aromatic heterocycles. The number of hydrogen-bond donors (Lipinski definition) is 2. The third kappa shape index (κ3) is 5.27. The lowest BCUT2D eigenvalue weighted by atomic mass is 9.90. The molecule has 0 atom stereocenters. The van der Waals surface area contributed by atoms with Crippen molar-refractivity contribution in [1.29, 1.82) is 0 Å². The maximum atomic E-state index is 13.8. The average Bonchev–Trinajstić information content (AvgIpc) is 3.55. The fourth-order valence-corrected chi connectivity index (χ4v) is 7.28. The lowest BCUT2D eigenvalue weighted by Gasteiger charge is -2.43. The highest BCUT2D eigenvalue weighted by atomic mass is 16.5. The summed E-state index contributed by atoms with van der Waals surface area (Å²) in [6.07, 6.45) is 10.4. The van der Waals surface area contributed by atoms with E-state index in [1.165, 1.54) is 20.4 Å². The van der Waals surface area contributed by atoms with E-state index < -0.39 is 0 Å². The first-order chi connectivity index (χ1) is 23.2. The predicted octanol–water partition coefficient (Wildman–Crippen LogP) is 2.52. The largest absolute Gasteiger partial charge is 0.392 e. The van der Waals surface area contributed by atoms with Gasteiger partial charge in [0.15, 0.2) is 5.82 Å². The number of aliphatic hydroxyl groups is 1. The Balaban J connectivity index is 1.07. The van der Waals surface area contributed by atoms with Crippen molar-refractivity contribution in [2.45, 2.75) is 39.3 Å². The molecule has 13 heteroatoms. The Bertz CT molecular complexity index is 2140. The third-order valence-corrected chi connectivity index (χ3v) is 9.93. The molecule has 0 bridgehead atoms. The zero-order valence-corrected chi connectivity index (χ0v) is 27.4. The van der Waals surface area contributed by atoms with Gasteiger partial charge in [0.05, 0.1) is 43.4 Å². The Morgan fingerprint density at radius 2 is 1.83 bits per heavy atom. The summed E-state index contributed by atoms with van der Waals surface area (Å²) in [5.41, 5.74) is 5.00. The van der Waals surface area contributed by atoms with Crippen molar-refractivity contribution in [3.8, 4) is 17.1 Å². The van der Waals surface area contributed by atoms with E-state index in [9.17, 15) is 14.7 Å². The number of fused-ring (bicyclic) bond motifs is 3. The van der Waals surface area contributed by atoms with Crippen LogP contribution in [0.5, 0.6) is 0 Å². The van der Waals surface area contributed by atoms with Crippen LogP contribution in [0.1, 0.15) is 30.7 Å². The molecule has 0 amide bonds. The van der Waals surface area contributed by atoms with Gasteiger partial charge in [-0.05, 0) is 48.1 Å². The van der Waals surface area contributed by atoms with Gasteiger partial charge in [-0.1, -0.05) is 13.8 Å². The molecule has 48 heavy (non-hydrogen) atoms. The maximum Gasteiger partial charge on any atom is 0.293 e. The number of ether oxygens (including phenoxy) is 1. The number of pyridine rings is 2. The van der Waals surface area contributed by atoms with E-state index in [4.69, 9.17) is 4.74 Å². The quantitative estimate of drug-likeness (QED) is 0.271. The molecule has 0 radical (unpaired) electrons. The van der Waals surface area contributed by atoms with E-state index in [-0.39, 0.29) is 29.0 Å². The summed E-state index contributed by atoms with van der Waals surface area (Å²) >= 11 is 0. The van der Waals surface area contributed by atoms with E-state index in [0.717, 1.165) is 57.9 Å². The normalized spacial score (nSPS) is 17.9. The van der Waals surface area contributed by atoms with Crippen molar-refractivity contribution >= 4 is 22.8 Å². The number of nitrogens with one attached hydrogen (secondary N) is 1. The topological polar surface area (TPSA) is 135 Å². The number of anilines is 3. The molecule has 13 nitrogen and oxygen atoms in total. The standard InChI is InChI=1S/C35H39N9O4/c1-35(2)15-22-14-28-33(46)44(13-12-43(28)29(22)16-35)32-26(19-45)25(6-7-36-32)27-18-40(3)34(47)31(38-27)39-30-5-4-23(17-37-30)41-8-10-42(11-9-41)24-20-48-21-24/h4-7,12-14,17-18,24,45H,8-11,15-16,19-21H2,1-3H3,(H,37,38,39). The van der Waals surface area contributed by atoms with Gasteiger partial charge in [-0.2, -0.15) is 0 Å². The fourth-order valence-electron chi connectivity index (χ4n) is 7.28. The minimum absolute atomic E-state index is 0.0954. The monoisotopic (exact) mass is 649 g/mol. The number of nitrogens with zero attached hydrogens (tertiary/aromatic N) is 8. The Labute approximate surface area is 277 Å². The fraction of sp³-hybridized carbons (Fsp3) is 0.400. The van der Waals surface area contributed by atoms with Gasteiger partial charge in [-0.3, -0.25) is 19.1 Å². The first-order valence-corrected chi connectivity index (χ1v) is 16.4. The Morgan fingerprint density at radius 3 is 2.54 bits per heavy atom. The van der Waals surface area contributed by atoms with Gasteiger partial charge < -0.3 is 29.0 Å². The molecule has 0 spiro atoms. The van der Waals surface area contributed by atoms with Crippen LogP contribution < -0.4 is 21.3 Å². The van der Waals surface area contributed by atoms with E-state index >= 15 is 0 Å². The third-order valence-electron chi connectivity index (χ3n) is 9.93. The zero-order chi connectivity index (χ0) is 33.2. The van der Waals surface area contributed by atoms with E-state index in [1.807, 2.05) is 35.0 Å². The molecule has 3 aliphatic rings. The van der Waals surface area contributed by atoms with Gasteiger partial charge in [0.1, 0.15) is 17.2 Å². The minimum Gasteiger partial charge on any atom is -0.392 e. The molecule has 7 heterocycles. The summed E-state index contributed by atoms with van der Waals surface area (Å²) in [7, 11) is 1.65. The number of aliphatic hydroxyl groups excluding tert-OH is 1. The van der Waals surface area contributed by atoms with Crippen molar-refractivity contribution in [3.63, 3.8) is 0 Å². The van der Waals surface area contributed by atoms with Crippen molar-refractivity contribution in [2.24, 2.45) is 12.5 Å². The second-order valence-corrected chi connectivity index (χ2v) is 13.8. The van der Waals surface area contributed by atoms with Crippen molar-refractivity contribution in [1.82, 2.24) is 33.4 Å². The molecule has 248 valence electrons. The molecular weight excluding hydrogens is 610 g/mol. The van der Waals surface area contributed by atoms with Crippen LogP contribution in [0.15, 0.2) is 64.8 Å². The molecule has 0 unspecified atom stereocenters. The molecule has 2 aliphatic heterocycles. The van der Waals surface area contributed by atoms with E-state index in [1.54, 1.807) is 31.7 Å². The van der Waals surface area contributed by atoms with Gasteiger partial charge in [0, 0.05) is 74.8 Å². The molecular formula is C35H39N9O4. The molecule has 2 fully saturated rings. The van der Waals surface area contributed by atoms with Gasteiger partial charge >= 0.3 is 0 Å². The Morgan fingerprint density at radius 1 is 1.02 bits per heavy atom. The number of aryl methyl sites for hydroxylation is 1. The molecule has 1 aliphatic carbocycles. The lowest BCUT2D eigenvalue weighted by Crippen LogP contribution is -2.56. The molecule has 2 N–H and O–H groups in total. The Kier molecular flexibility index (Phi) is 7.42. The lowest BCUT2D eigenvalue weighted by molar-refractivity contribution is -0.0660. The highest BCUT2D eigenvalue weighted by Gasteiger charge is 2.32. The highest BCUT2D eigenvalue weighted by molar-refractivity contribution is 5.68. The van der Waals surface area contributed by atoms with Crippen LogP contribution in [0, 0.1) is 5.41 Å². The highest BCUT2D eigenvalue weighted by Crippen LogP contribution is 2.37. The van der Waals surface area contributed by atoms with Crippen LogP contribution in [0.4, 0.5) is 17.3 Å². The van der Waals surface area contributed by atoms with Crippen LogP contribution in [-0.4, -0.2) is 83.9 Å². The van der Waals surface area contributed by atoms with Gasteiger partial charge in [-0.25, -0.2) is 15.0 Å². The predicted molar refractivity (Wildman–Crippen MR) is 182 cm³/mol. The summed E-state index contributed by atoms with van der Waals surface area (Å²) in [5, 5.41) is 13.7. The zero-order valence-electron chi connectivity index (χ0n) is 27.4. The number of piperazine rings is 1. The van der Waals surface area contributed by atoms with Gasteiger partial charge in [-0.15, -0.1) is 0 Å². The van der Waals surface area contributed by atoms with Gasteiger partial charge in [0.25, 0.3) is 11.1 Å². The van der Waals surface area contributed by atoms with E-state index in [2.05, 4.69) is 43.9 Å². The SMILES string of the molecule is Cn1cc(-c2ccnc(-n3ccn4c5c(cc4c3=O)CC(C)(C)C5)c2CO)nc(Nc2ccc(N3CCN(C4COC4)CC3)cn2)c1=O. The summed E-state index contributed by atoms with van der Waals surface area (Å²) in [6.45, 7) is 9.55. The minimum atomic E-state index is -0.388. The molecule has 0 aromatic carbocycles. The molecule has 5 aromatic rings. The number of hydrogen-bond acceptors (Lipinski definition) is 10. The van der Waals surface area contributed by atoms with Crippen LogP contribution in [-0.2, 0) is 31.2 Å². The van der Waals surface area contributed by atoms with E-state index in [0.29, 0.717) is 40.0 Å². The van der Waals surface area contributed by atoms with Crippen LogP contribution in [0.25, 0.3) is 22.6 Å². The summed E-state index contributed by atoms with van der Waals surface area (Å²) in [5.74, 6) is 0.900. The second kappa shape index (κ2) is 11.7. The summed E-state index contributed by atoms with van der Waals surface area (Å²) < 4.78 is 10.2. The average molecular weight is 650 g/mol. The molecule has 0 saturated carbocycles. The van der Waals surface area contributed by atoms with Crippen molar-refractivity contribution in [2.75, 3.05) is 49.6 Å². The Hall–Kier alpha value is -4.85. The smallest absolute Gasteiger partial charge is 0.293 e. The van der Waals surface area contributed by atoms with Crippen LogP contribution in [0.2, 0.25) is 0 Å². The second-order valence-electron chi connectivity index (χ2n) is 13.8. The van der Waals surface area contributed by atoms with Crippen LogP contribution >= 0.6 is 0 Å². The van der Waals surface area contributed by atoms with Crippen LogP contribution in [0.3, 0.4) is 0 Å². The summed E-state index contributed by atoms with van der Waals surface area (Å²) in [6, 6.07) is 8.10. The maximum absolute atomic E-state index is 13.8. The van der Waals surface area contributed by atoms with Crippen molar-refractivity contribution in [3.05, 3.63) is 92.8 Å². The first kappa shape index (κ1) is 30.5. The first-order valence-electron chi connectivity index (χ1n) is 16.4. The number of aromatic nitrogens is 6.